The first-order valence-electron chi connectivity index (χ1n) is 10.8. The van der Waals surface area contributed by atoms with E-state index in [0.29, 0.717) is 19.4 Å². The Bertz CT molecular complexity index is 1020. The molecule has 1 fully saturated rings. The van der Waals surface area contributed by atoms with Gasteiger partial charge in [-0.1, -0.05) is 55.8 Å². The molecule has 0 bridgehead atoms. The third kappa shape index (κ3) is 5.34. The third-order valence-corrected chi connectivity index (χ3v) is 7.31. The summed E-state index contributed by atoms with van der Waals surface area (Å²) in [6, 6.07) is 16.3. The number of hydrogen-bond donors (Lipinski definition) is 1. The molecule has 1 aliphatic rings. The van der Waals surface area contributed by atoms with Gasteiger partial charge in [0.15, 0.2) is 0 Å². The molecule has 1 N–H and O–H groups in total. The maximum atomic E-state index is 12.8. The molecule has 2 aromatic carbocycles. The highest BCUT2D eigenvalue weighted by atomic mass is 32.2. The summed E-state index contributed by atoms with van der Waals surface area (Å²) in [6.45, 7) is 4.17. The fraction of sp³-hybridized carbons (Fsp3) is 0.417. The van der Waals surface area contributed by atoms with E-state index in [2.05, 4.69) is 11.6 Å². The van der Waals surface area contributed by atoms with E-state index in [0.717, 1.165) is 30.4 Å². The van der Waals surface area contributed by atoms with Crippen molar-refractivity contribution in [3.05, 3.63) is 65.7 Å². The summed E-state index contributed by atoms with van der Waals surface area (Å²) in [4.78, 5) is 27.1. The van der Waals surface area contributed by atoms with Crippen molar-refractivity contribution < 1.29 is 18.0 Å². The molecule has 166 valence electrons. The minimum Gasteiger partial charge on any atom is -0.328 e. The van der Waals surface area contributed by atoms with Crippen molar-refractivity contribution in [2.24, 2.45) is 0 Å². The molecule has 0 aliphatic carbocycles. The van der Waals surface area contributed by atoms with E-state index in [1.54, 1.807) is 19.1 Å². The van der Waals surface area contributed by atoms with Crippen LogP contribution in [-0.4, -0.2) is 37.2 Å². The van der Waals surface area contributed by atoms with Crippen LogP contribution in [0.1, 0.15) is 50.7 Å². The summed E-state index contributed by atoms with van der Waals surface area (Å²) in [5.74, 6) is -0.813. The summed E-state index contributed by atoms with van der Waals surface area (Å²) < 4.78 is 27.6. The van der Waals surface area contributed by atoms with Crippen molar-refractivity contribution in [1.29, 1.82) is 0 Å². The molecule has 2 amide bonds. The fourth-order valence-electron chi connectivity index (χ4n) is 3.73. The molecule has 0 aromatic heterocycles. The van der Waals surface area contributed by atoms with E-state index in [1.807, 2.05) is 30.3 Å². The van der Waals surface area contributed by atoms with Crippen LogP contribution in [0.5, 0.6) is 0 Å². The van der Waals surface area contributed by atoms with E-state index in [9.17, 15) is 18.0 Å². The first kappa shape index (κ1) is 23.0. The number of hydrogen-bond acceptors (Lipinski definition) is 4. The lowest BCUT2D eigenvalue weighted by Crippen LogP contribution is -2.67. The monoisotopic (exact) mass is 442 g/mol. The highest BCUT2D eigenvalue weighted by molar-refractivity contribution is 7.90. The number of nitrogens with zero attached hydrogens (tertiary/aromatic N) is 1. The van der Waals surface area contributed by atoms with Gasteiger partial charge in [-0.3, -0.25) is 9.59 Å². The van der Waals surface area contributed by atoms with Crippen molar-refractivity contribution in [2.45, 2.75) is 62.8 Å². The van der Waals surface area contributed by atoms with E-state index >= 15 is 0 Å². The summed E-state index contributed by atoms with van der Waals surface area (Å²) in [5.41, 5.74) is 0.961. The van der Waals surface area contributed by atoms with Crippen molar-refractivity contribution in [2.75, 3.05) is 6.54 Å². The molecular formula is C24H30N2O4S. The average Bonchev–Trinajstić information content (AvgIpc) is 2.75. The number of likely N-dealkylation sites (tertiary alicyclic amines) is 1. The maximum absolute atomic E-state index is 12.8. The standard InChI is InChI=1S/C24H30N2O4S/c1-3-4-8-20-11-14-21(15-12-20)31(29,30)25-23(28)24(2)17-18-26(24)22(27)16-13-19-9-6-5-7-10-19/h5-7,9-12,14-15H,3-4,8,13,16-18H2,1-2H3,(H,25,28). The van der Waals surface area contributed by atoms with Crippen LogP contribution in [0.2, 0.25) is 0 Å². The molecule has 1 aliphatic heterocycles. The second-order valence-electron chi connectivity index (χ2n) is 8.24. The number of rotatable bonds is 9. The van der Waals surface area contributed by atoms with Gasteiger partial charge in [0.1, 0.15) is 5.54 Å². The molecule has 6 nitrogen and oxygen atoms in total. The van der Waals surface area contributed by atoms with Gasteiger partial charge in [0.2, 0.25) is 5.91 Å². The minimum absolute atomic E-state index is 0.0472. The zero-order valence-electron chi connectivity index (χ0n) is 18.1. The Balaban J connectivity index is 1.62. The minimum atomic E-state index is -4.00. The molecular weight excluding hydrogens is 412 g/mol. The van der Waals surface area contributed by atoms with Crippen LogP contribution in [0, 0.1) is 0 Å². The van der Waals surface area contributed by atoms with Crippen LogP contribution in [0.3, 0.4) is 0 Å². The lowest BCUT2D eigenvalue weighted by molar-refractivity contribution is -0.156. The van der Waals surface area contributed by atoms with Crippen molar-refractivity contribution in [3.63, 3.8) is 0 Å². The number of carbonyl (C=O) groups is 2. The molecule has 31 heavy (non-hydrogen) atoms. The Morgan fingerprint density at radius 1 is 1.00 bits per heavy atom. The molecule has 1 saturated heterocycles. The molecule has 0 saturated carbocycles. The van der Waals surface area contributed by atoms with Gasteiger partial charge in [-0.2, -0.15) is 0 Å². The zero-order chi connectivity index (χ0) is 22.5. The van der Waals surface area contributed by atoms with Crippen molar-refractivity contribution >= 4 is 21.8 Å². The highest BCUT2D eigenvalue weighted by Gasteiger charge is 2.50. The van der Waals surface area contributed by atoms with Gasteiger partial charge in [-0.25, -0.2) is 13.1 Å². The van der Waals surface area contributed by atoms with Crippen LogP contribution in [0.25, 0.3) is 0 Å². The van der Waals surface area contributed by atoms with Crippen molar-refractivity contribution in [3.8, 4) is 0 Å². The highest BCUT2D eigenvalue weighted by Crippen LogP contribution is 2.32. The fourth-order valence-corrected chi connectivity index (χ4v) is 4.81. The Morgan fingerprint density at radius 2 is 1.65 bits per heavy atom. The van der Waals surface area contributed by atoms with Gasteiger partial charge in [0.25, 0.3) is 15.9 Å². The van der Waals surface area contributed by atoms with Gasteiger partial charge in [0, 0.05) is 13.0 Å². The number of aryl methyl sites for hydroxylation is 2. The summed E-state index contributed by atoms with van der Waals surface area (Å²) in [6.07, 6.45) is 4.28. The first-order chi connectivity index (χ1) is 14.8. The maximum Gasteiger partial charge on any atom is 0.264 e. The van der Waals surface area contributed by atoms with Crippen LogP contribution >= 0.6 is 0 Å². The van der Waals surface area contributed by atoms with Crippen LogP contribution in [-0.2, 0) is 32.5 Å². The number of benzene rings is 2. The van der Waals surface area contributed by atoms with E-state index in [-0.39, 0.29) is 17.2 Å². The van der Waals surface area contributed by atoms with Gasteiger partial charge < -0.3 is 4.90 Å². The second kappa shape index (κ2) is 9.64. The van der Waals surface area contributed by atoms with Gasteiger partial charge >= 0.3 is 0 Å². The molecule has 1 unspecified atom stereocenters. The number of amides is 2. The quantitative estimate of drug-likeness (QED) is 0.645. The first-order valence-corrected chi connectivity index (χ1v) is 12.2. The average molecular weight is 443 g/mol. The number of sulfonamides is 1. The Kier molecular flexibility index (Phi) is 7.15. The molecule has 0 spiro atoms. The number of unbranched alkanes of at least 4 members (excludes halogenated alkanes) is 1. The molecule has 0 radical (unpaired) electrons. The number of carbonyl (C=O) groups excluding carboxylic acids is 2. The Hall–Kier alpha value is -2.67. The summed E-state index contributed by atoms with van der Waals surface area (Å²) in [7, 11) is -4.00. The molecule has 1 heterocycles. The Labute approximate surface area is 184 Å². The number of nitrogens with one attached hydrogen (secondary N) is 1. The van der Waals surface area contributed by atoms with Crippen LogP contribution < -0.4 is 4.72 Å². The van der Waals surface area contributed by atoms with Crippen LogP contribution in [0.15, 0.2) is 59.5 Å². The van der Waals surface area contributed by atoms with E-state index in [1.165, 1.54) is 17.0 Å². The lowest BCUT2D eigenvalue weighted by Gasteiger charge is -2.49. The molecule has 3 rings (SSSR count). The topological polar surface area (TPSA) is 83.6 Å². The molecule has 2 aromatic rings. The van der Waals surface area contributed by atoms with Gasteiger partial charge in [-0.05, 0) is 55.9 Å². The zero-order valence-corrected chi connectivity index (χ0v) is 19.0. The summed E-state index contributed by atoms with van der Waals surface area (Å²) in [5, 5.41) is 0. The normalized spacial score (nSPS) is 18.3. The van der Waals surface area contributed by atoms with E-state index in [4.69, 9.17) is 0 Å². The predicted molar refractivity (Wildman–Crippen MR) is 120 cm³/mol. The van der Waals surface area contributed by atoms with Gasteiger partial charge in [-0.15, -0.1) is 0 Å². The van der Waals surface area contributed by atoms with E-state index < -0.39 is 21.5 Å². The van der Waals surface area contributed by atoms with Crippen molar-refractivity contribution in [1.82, 2.24) is 9.62 Å². The Morgan fingerprint density at radius 3 is 2.23 bits per heavy atom. The smallest absolute Gasteiger partial charge is 0.264 e. The second-order valence-corrected chi connectivity index (χ2v) is 9.92. The molecule has 7 heteroatoms. The predicted octanol–water partition coefficient (Wildman–Crippen LogP) is 3.46. The van der Waals surface area contributed by atoms with Crippen LogP contribution in [0.4, 0.5) is 0 Å². The largest absolute Gasteiger partial charge is 0.328 e. The molecule has 1 atom stereocenters. The lowest BCUT2D eigenvalue weighted by atomic mass is 9.85. The summed E-state index contributed by atoms with van der Waals surface area (Å²) >= 11 is 0. The SMILES string of the molecule is CCCCc1ccc(S(=O)(=O)NC(=O)C2(C)CCN2C(=O)CCc2ccccc2)cc1. The third-order valence-electron chi connectivity index (χ3n) is 5.96. The van der Waals surface area contributed by atoms with Gasteiger partial charge in [0.05, 0.1) is 4.90 Å².